The van der Waals surface area contributed by atoms with Crippen LogP contribution in [0.5, 0.6) is 0 Å². The molecule has 130 valence electrons. The Hall–Kier alpha value is -2.12. The lowest BCUT2D eigenvalue weighted by atomic mass is 10.2. The summed E-state index contributed by atoms with van der Waals surface area (Å²) in [5, 5.41) is 6.24. The molecule has 2 rings (SSSR count). The SMILES string of the molecule is CN(N=CC1=CCN(CCCCS(=O)(=O)O)C=C1)c1ccccc1. The summed E-state index contributed by atoms with van der Waals surface area (Å²) in [6.07, 6.45) is 9.04. The maximum absolute atomic E-state index is 10.7. The van der Waals surface area contributed by atoms with E-state index in [0.717, 1.165) is 30.8 Å². The van der Waals surface area contributed by atoms with E-state index in [2.05, 4.69) is 16.1 Å². The van der Waals surface area contributed by atoms with Gasteiger partial charge in [-0.15, -0.1) is 0 Å². The Balaban J connectivity index is 1.75. The third kappa shape index (κ3) is 6.55. The van der Waals surface area contributed by atoms with Crippen LogP contribution < -0.4 is 5.01 Å². The minimum Gasteiger partial charge on any atom is -0.374 e. The third-order valence-electron chi connectivity index (χ3n) is 3.65. The van der Waals surface area contributed by atoms with Gasteiger partial charge in [-0.2, -0.15) is 13.5 Å². The van der Waals surface area contributed by atoms with Crippen LogP contribution in [0, 0.1) is 0 Å². The molecule has 1 aromatic rings. The number of anilines is 1. The van der Waals surface area contributed by atoms with Crippen LogP contribution in [0.1, 0.15) is 12.8 Å². The Kier molecular flexibility index (Phi) is 6.57. The Morgan fingerprint density at radius 2 is 2.04 bits per heavy atom. The van der Waals surface area contributed by atoms with Crippen molar-refractivity contribution in [2.24, 2.45) is 5.10 Å². The molecule has 24 heavy (non-hydrogen) atoms. The zero-order valence-electron chi connectivity index (χ0n) is 13.7. The van der Waals surface area contributed by atoms with Gasteiger partial charge in [0.15, 0.2) is 0 Å². The van der Waals surface area contributed by atoms with E-state index in [1.54, 1.807) is 0 Å². The number of hydrazone groups is 1. The van der Waals surface area contributed by atoms with Crippen molar-refractivity contribution >= 4 is 22.0 Å². The van der Waals surface area contributed by atoms with Crippen molar-refractivity contribution < 1.29 is 13.0 Å². The van der Waals surface area contributed by atoms with Crippen molar-refractivity contribution in [3.63, 3.8) is 0 Å². The molecule has 1 heterocycles. The Morgan fingerprint density at radius 3 is 2.67 bits per heavy atom. The van der Waals surface area contributed by atoms with Crippen LogP contribution in [0.25, 0.3) is 0 Å². The predicted octanol–water partition coefficient (Wildman–Crippen LogP) is 2.53. The van der Waals surface area contributed by atoms with Crippen LogP contribution in [0.15, 0.2) is 59.4 Å². The molecule has 0 unspecified atom stereocenters. The smallest absolute Gasteiger partial charge is 0.264 e. The Labute approximate surface area is 143 Å². The summed E-state index contributed by atoms with van der Waals surface area (Å²) in [5.41, 5.74) is 2.06. The number of hydrogen-bond donors (Lipinski definition) is 1. The quantitative estimate of drug-likeness (QED) is 0.338. The molecule has 0 radical (unpaired) electrons. The molecule has 0 spiro atoms. The fourth-order valence-corrected chi connectivity index (χ4v) is 2.84. The topological polar surface area (TPSA) is 73.2 Å². The van der Waals surface area contributed by atoms with Gasteiger partial charge in [-0.3, -0.25) is 9.56 Å². The number of benzene rings is 1. The monoisotopic (exact) mass is 349 g/mol. The number of nitrogens with zero attached hydrogens (tertiary/aromatic N) is 3. The van der Waals surface area contributed by atoms with E-state index in [0.29, 0.717) is 6.42 Å². The molecule has 0 aliphatic carbocycles. The summed E-state index contributed by atoms with van der Waals surface area (Å²) < 4.78 is 30.0. The predicted molar refractivity (Wildman–Crippen MR) is 97.8 cm³/mol. The van der Waals surface area contributed by atoms with Gasteiger partial charge in [-0.05, 0) is 42.8 Å². The molecule has 1 aromatic carbocycles. The van der Waals surface area contributed by atoms with Gasteiger partial charge < -0.3 is 4.90 Å². The van der Waals surface area contributed by atoms with Crippen molar-refractivity contribution in [3.05, 3.63) is 54.3 Å². The summed E-state index contributed by atoms with van der Waals surface area (Å²) in [4.78, 5) is 2.10. The molecule has 0 atom stereocenters. The molecule has 1 aliphatic rings. The molecule has 1 aliphatic heterocycles. The highest BCUT2D eigenvalue weighted by atomic mass is 32.2. The molecule has 0 saturated carbocycles. The third-order valence-corrected chi connectivity index (χ3v) is 4.45. The first-order valence-electron chi connectivity index (χ1n) is 7.84. The molecule has 0 bridgehead atoms. The van der Waals surface area contributed by atoms with Crippen molar-refractivity contribution in [1.29, 1.82) is 0 Å². The fourth-order valence-electron chi connectivity index (χ4n) is 2.27. The van der Waals surface area contributed by atoms with Crippen molar-refractivity contribution in [2.45, 2.75) is 12.8 Å². The average Bonchev–Trinajstić information content (AvgIpc) is 2.57. The van der Waals surface area contributed by atoms with Crippen LogP contribution in [-0.2, 0) is 10.1 Å². The second-order valence-electron chi connectivity index (χ2n) is 5.61. The van der Waals surface area contributed by atoms with Gasteiger partial charge in [0.2, 0.25) is 0 Å². The van der Waals surface area contributed by atoms with Gasteiger partial charge in [0.25, 0.3) is 10.1 Å². The van der Waals surface area contributed by atoms with Crippen LogP contribution in [0.3, 0.4) is 0 Å². The minimum absolute atomic E-state index is 0.176. The minimum atomic E-state index is -3.84. The molecular formula is C17H23N3O3S. The van der Waals surface area contributed by atoms with Gasteiger partial charge >= 0.3 is 0 Å². The molecular weight excluding hydrogens is 326 g/mol. The van der Waals surface area contributed by atoms with E-state index in [-0.39, 0.29) is 5.75 Å². The lowest BCUT2D eigenvalue weighted by Crippen LogP contribution is -2.22. The van der Waals surface area contributed by atoms with Crippen LogP contribution in [0.4, 0.5) is 5.69 Å². The van der Waals surface area contributed by atoms with E-state index in [1.165, 1.54) is 0 Å². The van der Waals surface area contributed by atoms with E-state index < -0.39 is 10.1 Å². The largest absolute Gasteiger partial charge is 0.374 e. The van der Waals surface area contributed by atoms with E-state index in [1.807, 2.05) is 60.9 Å². The van der Waals surface area contributed by atoms with Crippen molar-refractivity contribution in [2.75, 3.05) is 30.9 Å². The average molecular weight is 349 g/mol. The number of para-hydroxylation sites is 1. The number of rotatable bonds is 8. The highest BCUT2D eigenvalue weighted by molar-refractivity contribution is 7.85. The van der Waals surface area contributed by atoms with Crippen molar-refractivity contribution in [3.8, 4) is 0 Å². The first-order chi connectivity index (χ1) is 11.4. The number of allylic oxidation sites excluding steroid dienone is 2. The first kappa shape index (κ1) is 18.2. The lowest BCUT2D eigenvalue weighted by molar-refractivity contribution is 0.398. The maximum atomic E-state index is 10.7. The highest BCUT2D eigenvalue weighted by Gasteiger charge is 2.06. The maximum Gasteiger partial charge on any atom is 0.264 e. The second kappa shape index (κ2) is 8.65. The van der Waals surface area contributed by atoms with E-state index in [9.17, 15) is 8.42 Å². The van der Waals surface area contributed by atoms with Gasteiger partial charge in [-0.1, -0.05) is 24.3 Å². The second-order valence-corrected chi connectivity index (χ2v) is 7.18. The van der Waals surface area contributed by atoms with Gasteiger partial charge in [-0.25, -0.2) is 0 Å². The summed E-state index contributed by atoms with van der Waals surface area (Å²) in [6, 6.07) is 9.91. The highest BCUT2D eigenvalue weighted by Crippen LogP contribution is 2.12. The van der Waals surface area contributed by atoms with Gasteiger partial charge in [0.1, 0.15) is 0 Å². The van der Waals surface area contributed by atoms with Crippen LogP contribution >= 0.6 is 0 Å². The van der Waals surface area contributed by atoms with E-state index in [4.69, 9.17) is 4.55 Å². The van der Waals surface area contributed by atoms with E-state index >= 15 is 0 Å². The normalized spacial score (nSPS) is 14.9. The van der Waals surface area contributed by atoms with Gasteiger partial charge in [0.05, 0.1) is 17.7 Å². The zero-order valence-corrected chi connectivity index (χ0v) is 14.6. The number of unbranched alkanes of at least 4 members (excludes halogenated alkanes) is 1. The van der Waals surface area contributed by atoms with Crippen LogP contribution in [0.2, 0.25) is 0 Å². The summed E-state index contributed by atoms with van der Waals surface area (Å²) in [6.45, 7) is 1.52. The summed E-state index contributed by atoms with van der Waals surface area (Å²) in [5.74, 6) is -0.176. The summed E-state index contributed by atoms with van der Waals surface area (Å²) >= 11 is 0. The molecule has 1 N–H and O–H groups in total. The van der Waals surface area contributed by atoms with Gasteiger partial charge in [0, 0.05) is 20.1 Å². The Bertz CT molecular complexity index is 712. The standard InChI is InChI=1S/C17H23N3O3S/c1-19(17-7-3-2-4-8-17)18-15-16-9-12-20(13-10-16)11-5-6-14-24(21,22)23/h2-4,7-10,12,15H,5-6,11,13-14H2,1H3,(H,21,22,23). The first-order valence-corrected chi connectivity index (χ1v) is 9.45. The molecule has 0 amide bonds. The van der Waals surface area contributed by atoms with Crippen LogP contribution in [-0.4, -0.2) is 50.0 Å². The fraction of sp³-hybridized carbons (Fsp3) is 0.353. The molecule has 0 fully saturated rings. The lowest BCUT2D eigenvalue weighted by Gasteiger charge is -2.21. The van der Waals surface area contributed by atoms with Crippen molar-refractivity contribution in [1.82, 2.24) is 4.90 Å². The number of hydrogen-bond acceptors (Lipinski definition) is 5. The molecule has 7 heteroatoms. The Morgan fingerprint density at radius 1 is 1.29 bits per heavy atom. The zero-order chi connectivity index (χ0) is 17.4. The molecule has 6 nitrogen and oxygen atoms in total. The summed E-state index contributed by atoms with van der Waals surface area (Å²) in [7, 11) is -1.94. The molecule has 0 saturated heterocycles. The molecule has 0 aromatic heterocycles.